The molecule has 24 heavy (non-hydrogen) atoms. The molecule has 3 unspecified atom stereocenters. The van der Waals surface area contributed by atoms with Crippen molar-refractivity contribution in [2.24, 2.45) is 5.92 Å². The predicted octanol–water partition coefficient (Wildman–Crippen LogP) is 4.27. The standard InChI is InChI=1S/C21H24O3/c1-16(21(22)18-10-6-3-7-11-18)14-19-15-23-20(24-19)13-12-17-8-4-2-5-9-17/h2-11,16,19-20H,12-15H2,1H3. The van der Waals surface area contributed by atoms with E-state index in [4.69, 9.17) is 9.47 Å². The van der Waals surface area contributed by atoms with E-state index in [0.29, 0.717) is 13.0 Å². The zero-order chi connectivity index (χ0) is 16.8. The van der Waals surface area contributed by atoms with Gasteiger partial charge in [-0.2, -0.15) is 0 Å². The Morgan fingerprint density at radius 1 is 1.08 bits per heavy atom. The van der Waals surface area contributed by atoms with E-state index in [1.54, 1.807) is 0 Å². The van der Waals surface area contributed by atoms with E-state index in [1.165, 1.54) is 5.56 Å². The maximum atomic E-state index is 12.4. The van der Waals surface area contributed by atoms with Gasteiger partial charge < -0.3 is 9.47 Å². The van der Waals surface area contributed by atoms with Crippen LogP contribution in [-0.2, 0) is 15.9 Å². The fourth-order valence-electron chi connectivity index (χ4n) is 3.10. The highest BCUT2D eigenvalue weighted by atomic mass is 16.7. The van der Waals surface area contributed by atoms with Gasteiger partial charge in [-0.15, -0.1) is 0 Å². The second-order valence-electron chi connectivity index (χ2n) is 6.41. The largest absolute Gasteiger partial charge is 0.350 e. The first kappa shape index (κ1) is 16.9. The summed E-state index contributed by atoms with van der Waals surface area (Å²) >= 11 is 0. The molecule has 3 rings (SSSR count). The van der Waals surface area contributed by atoms with Gasteiger partial charge in [-0.25, -0.2) is 0 Å². The van der Waals surface area contributed by atoms with Gasteiger partial charge in [-0.05, 0) is 18.4 Å². The number of benzene rings is 2. The van der Waals surface area contributed by atoms with Crippen molar-refractivity contribution in [3.05, 3.63) is 71.8 Å². The van der Waals surface area contributed by atoms with Crippen LogP contribution in [0.25, 0.3) is 0 Å². The third-order valence-corrected chi connectivity index (χ3v) is 4.45. The average Bonchev–Trinajstić information content (AvgIpc) is 3.08. The number of Topliss-reactive ketones (excluding diaryl/α,β-unsaturated/α-hetero) is 1. The summed E-state index contributed by atoms with van der Waals surface area (Å²) in [5.74, 6) is 0.112. The minimum atomic E-state index is -0.158. The highest BCUT2D eigenvalue weighted by molar-refractivity contribution is 5.97. The first-order chi connectivity index (χ1) is 11.7. The van der Waals surface area contributed by atoms with E-state index in [1.807, 2.05) is 55.5 Å². The van der Waals surface area contributed by atoms with E-state index in [-0.39, 0.29) is 24.1 Å². The second-order valence-corrected chi connectivity index (χ2v) is 6.41. The zero-order valence-electron chi connectivity index (χ0n) is 14.1. The molecule has 0 amide bonds. The van der Waals surface area contributed by atoms with Gasteiger partial charge in [-0.1, -0.05) is 67.6 Å². The maximum absolute atomic E-state index is 12.4. The summed E-state index contributed by atoms with van der Waals surface area (Å²) in [4.78, 5) is 12.4. The van der Waals surface area contributed by atoms with Crippen LogP contribution in [0.4, 0.5) is 0 Å². The molecule has 0 aliphatic carbocycles. The smallest absolute Gasteiger partial charge is 0.165 e. The van der Waals surface area contributed by atoms with Crippen molar-refractivity contribution in [1.82, 2.24) is 0 Å². The molecular weight excluding hydrogens is 300 g/mol. The van der Waals surface area contributed by atoms with E-state index < -0.39 is 0 Å². The van der Waals surface area contributed by atoms with Gasteiger partial charge in [0.1, 0.15) is 0 Å². The van der Waals surface area contributed by atoms with Crippen molar-refractivity contribution in [2.75, 3.05) is 6.61 Å². The number of hydrogen-bond acceptors (Lipinski definition) is 3. The van der Waals surface area contributed by atoms with E-state index in [0.717, 1.165) is 18.4 Å². The Bertz CT molecular complexity index is 639. The zero-order valence-corrected chi connectivity index (χ0v) is 14.1. The lowest BCUT2D eigenvalue weighted by Gasteiger charge is -2.15. The molecule has 3 atom stereocenters. The van der Waals surface area contributed by atoms with Crippen LogP contribution in [0.5, 0.6) is 0 Å². The Balaban J connectivity index is 1.45. The van der Waals surface area contributed by atoms with Gasteiger partial charge >= 0.3 is 0 Å². The Hall–Kier alpha value is -1.97. The van der Waals surface area contributed by atoms with Crippen molar-refractivity contribution < 1.29 is 14.3 Å². The Kier molecular flexibility index (Phi) is 5.78. The highest BCUT2D eigenvalue weighted by Gasteiger charge is 2.29. The van der Waals surface area contributed by atoms with Gasteiger partial charge in [0.15, 0.2) is 12.1 Å². The molecule has 1 aliphatic rings. The van der Waals surface area contributed by atoms with Crippen LogP contribution < -0.4 is 0 Å². The molecule has 2 aromatic carbocycles. The van der Waals surface area contributed by atoms with Crippen LogP contribution in [0.1, 0.15) is 35.7 Å². The monoisotopic (exact) mass is 324 g/mol. The van der Waals surface area contributed by atoms with Gasteiger partial charge in [0.25, 0.3) is 0 Å². The SMILES string of the molecule is CC(CC1COC(CCc2ccccc2)O1)C(=O)c1ccccc1. The van der Waals surface area contributed by atoms with E-state index >= 15 is 0 Å². The Labute approximate surface area is 143 Å². The molecule has 0 bridgehead atoms. The molecule has 1 aliphatic heterocycles. The Morgan fingerprint density at radius 3 is 2.46 bits per heavy atom. The number of rotatable bonds is 7. The van der Waals surface area contributed by atoms with Crippen LogP contribution in [0.15, 0.2) is 60.7 Å². The van der Waals surface area contributed by atoms with E-state index in [9.17, 15) is 4.79 Å². The van der Waals surface area contributed by atoms with Gasteiger partial charge in [0.05, 0.1) is 12.7 Å². The van der Waals surface area contributed by atoms with Crippen molar-refractivity contribution in [3.63, 3.8) is 0 Å². The molecule has 0 aromatic heterocycles. The molecule has 0 spiro atoms. The molecule has 0 radical (unpaired) electrons. The number of hydrogen-bond donors (Lipinski definition) is 0. The molecule has 1 saturated heterocycles. The van der Waals surface area contributed by atoms with Crippen LogP contribution in [-0.4, -0.2) is 24.8 Å². The second kappa shape index (κ2) is 8.22. The third-order valence-electron chi connectivity index (χ3n) is 4.45. The summed E-state index contributed by atoms with van der Waals surface area (Å²) < 4.78 is 11.7. The van der Waals surface area contributed by atoms with Crippen LogP contribution >= 0.6 is 0 Å². The molecule has 2 aromatic rings. The van der Waals surface area contributed by atoms with Crippen LogP contribution in [0.2, 0.25) is 0 Å². The number of carbonyl (C=O) groups excluding carboxylic acids is 1. The summed E-state index contributed by atoms with van der Waals surface area (Å²) in [5, 5.41) is 0. The maximum Gasteiger partial charge on any atom is 0.165 e. The summed E-state index contributed by atoms with van der Waals surface area (Å²) in [7, 11) is 0. The summed E-state index contributed by atoms with van der Waals surface area (Å²) in [6, 6.07) is 19.8. The summed E-state index contributed by atoms with van der Waals surface area (Å²) in [6.45, 7) is 2.54. The van der Waals surface area contributed by atoms with Crippen molar-refractivity contribution in [1.29, 1.82) is 0 Å². The lowest BCUT2D eigenvalue weighted by molar-refractivity contribution is -0.0637. The molecular formula is C21H24O3. The lowest BCUT2D eigenvalue weighted by atomic mass is 9.94. The minimum Gasteiger partial charge on any atom is -0.350 e. The molecule has 1 heterocycles. The number of ether oxygens (including phenoxy) is 2. The van der Waals surface area contributed by atoms with Crippen molar-refractivity contribution >= 4 is 5.78 Å². The van der Waals surface area contributed by atoms with Crippen molar-refractivity contribution in [3.8, 4) is 0 Å². The number of carbonyl (C=O) groups is 1. The minimum absolute atomic E-state index is 0.00781. The summed E-state index contributed by atoms with van der Waals surface area (Å²) in [5.41, 5.74) is 2.06. The van der Waals surface area contributed by atoms with Gasteiger partial charge in [0, 0.05) is 17.9 Å². The fourth-order valence-corrected chi connectivity index (χ4v) is 3.10. The molecule has 0 saturated carbocycles. The Morgan fingerprint density at radius 2 is 1.75 bits per heavy atom. The fraction of sp³-hybridized carbons (Fsp3) is 0.381. The molecule has 0 N–H and O–H groups in total. The predicted molar refractivity (Wildman–Crippen MR) is 93.9 cm³/mol. The first-order valence-corrected chi connectivity index (χ1v) is 8.62. The number of ketones is 1. The quantitative estimate of drug-likeness (QED) is 0.714. The normalized spacial score (nSPS) is 21.5. The third kappa shape index (κ3) is 4.53. The first-order valence-electron chi connectivity index (χ1n) is 8.62. The van der Waals surface area contributed by atoms with Gasteiger partial charge in [-0.3, -0.25) is 4.79 Å². The van der Waals surface area contributed by atoms with Gasteiger partial charge in [0.2, 0.25) is 0 Å². The lowest BCUT2D eigenvalue weighted by Crippen LogP contribution is -2.21. The molecule has 126 valence electrons. The van der Waals surface area contributed by atoms with Crippen LogP contribution in [0.3, 0.4) is 0 Å². The highest BCUT2D eigenvalue weighted by Crippen LogP contribution is 2.23. The van der Waals surface area contributed by atoms with E-state index in [2.05, 4.69) is 12.1 Å². The van der Waals surface area contributed by atoms with Crippen LogP contribution in [0, 0.1) is 5.92 Å². The summed E-state index contributed by atoms with van der Waals surface area (Å²) in [6.07, 6.45) is 2.34. The topological polar surface area (TPSA) is 35.5 Å². The number of aryl methyl sites for hydroxylation is 1. The van der Waals surface area contributed by atoms with Crippen molar-refractivity contribution in [2.45, 2.75) is 38.6 Å². The molecule has 1 fully saturated rings. The molecule has 3 heteroatoms. The molecule has 3 nitrogen and oxygen atoms in total. The average molecular weight is 324 g/mol.